The summed E-state index contributed by atoms with van der Waals surface area (Å²) in [4.78, 5) is 11.9. The molecule has 6 heteroatoms. The van der Waals surface area contributed by atoms with Gasteiger partial charge in [-0.05, 0) is 12.1 Å². The molecule has 4 N–H and O–H groups in total. The minimum atomic E-state index is -1.22. The zero-order chi connectivity index (χ0) is 13.8. The number of carbonyl (C=O) groups excluding carboxylic acids is 1. The van der Waals surface area contributed by atoms with Crippen LogP contribution in [-0.2, 0) is 4.74 Å². The standard InChI is InChI=1S/C13H17NO5/c15-6-10-12(17)11(16)9(7-19-10)14-13(18)8-4-2-1-3-5-8/h1-5,9-12,15-17H,6-7H2,(H,14,18)/t9-,10-,11-,12+/m1/s1. The lowest BCUT2D eigenvalue weighted by Gasteiger charge is -2.37. The molecule has 1 aromatic rings. The highest BCUT2D eigenvalue weighted by Crippen LogP contribution is 2.15. The molecule has 1 aromatic carbocycles. The van der Waals surface area contributed by atoms with Crippen molar-refractivity contribution in [3.8, 4) is 0 Å². The average Bonchev–Trinajstić information content (AvgIpc) is 2.45. The van der Waals surface area contributed by atoms with E-state index in [2.05, 4.69) is 5.32 Å². The fourth-order valence-electron chi connectivity index (χ4n) is 2.01. The Bertz CT molecular complexity index is 424. The number of nitrogens with one attached hydrogen (secondary N) is 1. The normalized spacial score (nSPS) is 30.9. The number of ether oxygens (including phenoxy) is 1. The van der Waals surface area contributed by atoms with Crippen LogP contribution in [0.3, 0.4) is 0 Å². The molecule has 19 heavy (non-hydrogen) atoms. The second kappa shape index (κ2) is 6.12. The van der Waals surface area contributed by atoms with E-state index < -0.39 is 24.4 Å². The summed E-state index contributed by atoms with van der Waals surface area (Å²) >= 11 is 0. The van der Waals surface area contributed by atoms with Gasteiger partial charge in [0.05, 0.1) is 19.3 Å². The number of amides is 1. The van der Waals surface area contributed by atoms with Gasteiger partial charge in [-0.25, -0.2) is 0 Å². The van der Waals surface area contributed by atoms with Gasteiger partial charge >= 0.3 is 0 Å². The number of rotatable bonds is 3. The second-order valence-electron chi connectivity index (χ2n) is 4.48. The maximum atomic E-state index is 11.9. The Morgan fingerprint density at radius 1 is 1.26 bits per heavy atom. The number of hydrogen-bond donors (Lipinski definition) is 4. The summed E-state index contributed by atoms with van der Waals surface area (Å²) in [5.41, 5.74) is 0.466. The van der Waals surface area contributed by atoms with Gasteiger partial charge in [-0.3, -0.25) is 4.79 Å². The van der Waals surface area contributed by atoms with Crippen LogP contribution in [0, 0.1) is 0 Å². The lowest BCUT2D eigenvalue weighted by molar-refractivity contribution is -0.159. The number of aliphatic hydroxyl groups is 3. The fraction of sp³-hybridized carbons (Fsp3) is 0.462. The second-order valence-corrected chi connectivity index (χ2v) is 4.48. The fourth-order valence-corrected chi connectivity index (χ4v) is 2.01. The molecule has 6 nitrogen and oxygen atoms in total. The van der Waals surface area contributed by atoms with Crippen LogP contribution < -0.4 is 5.32 Å². The predicted octanol–water partition coefficient (Wildman–Crippen LogP) is -1.10. The minimum Gasteiger partial charge on any atom is -0.394 e. The third kappa shape index (κ3) is 3.10. The monoisotopic (exact) mass is 267 g/mol. The van der Waals surface area contributed by atoms with Crippen molar-refractivity contribution in [3.05, 3.63) is 35.9 Å². The summed E-state index contributed by atoms with van der Waals surface area (Å²) in [7, 11) is 0. The van der Waals surface area contributed by atoms with E-state index in [9.17, 15) is 15.0 Å². The minimum absolute atomic E-state index is 0.0437. The van der Waals surface area contributed by atoms with Crippen LogP contribution >= 0.6 is 0 Å². The first-order valence-corrected chi connectivity index (χ1v) is 6.08. The van der Waals surface area contributed by atoms with E-state index in [1.807, 2.05) is 0 Å². The molecule has 1 saturated heterocycles. The third-order valence-corrected chi connectivity index (χ3v) is 3.17. The van der Waals surface area contributed by atoms with Crippen molar-refractivity contribution in [3.63, 3.8) is 0 Å². The maximum absolute atomic E-state index is 11.9. The van der Waals surface area contributed by atoms with Crippen LogP contribution in [0.2, 0.25) is 0 Å². The van der Waals surface area contributed by atoms with E-state index in [4.69, 9.17) is 9.84 Å². The molecule has 1 aliphatic heterocycles. The Morgan fingerprint density at radius 3 is 2.58 bits per heavy atom. The summed E-state index contributed by atoms with van der Waals surface area (Å²) in [6, 6.07) is 7.87. The number of carbonyl (C=O) groups is 1. The van der Waals surface area contributed by atoms with Crippen molar-refractivity contribution >= 4 is 5.91 Å². The first-order chi connectivity index (χ1) is 9.13. The highest BCUT2D eigenvalue weighted by Gasteiger charge is 2.38. The zero-order valence-corrected chi connectivity index (χ0v) is 10.3. The van der Waals surface area contributed by atoms with Gasteiger partial charge in [-0.15, -0.1) is 0 Å². The Morgan fingerprint density at radius 2 is 1.95 bits per heavy atom. The Kier molecular flexibility index (Phi) is 4.49. The van der Waals surface area contributed by atoms with Gasteiger partial charge in [0, 0.05) is 5.56 Å². The predicted molar refractivity (Wildman–Crippen MR) is 66.5 cm³/mol. The quantitative estimate of drug-likeness (QED) is 0.557. The number of benzene rings is 1. The van der Waals surface area contributed by atoms with E-state index in [1.54, 1.807) is 30.3 Å². The SMILES string of the molecule is O=C(N[C@@H]1CO[C@H](CO)[C@H](O)[C@@H]1O)c1ccccc1. The van der Waals surface area contributed by atoms with Gasteiger partial charge in [-0.2, -0.15) is 0 Å². The van der Waals surface area contributed by atoms with Crippen LogP contribution in [0.1, 0.15) is 10.4 Å². The van der Waals surface area contributed by atoms with Gasteiger partial charge in [0.2, 0.25) is 0 Å². The number of aliphatic hydroxyl groups excluding tert-OH is 3. The van der Waals surface area contributed by atoms with Crippen molar-refractivity contribution in [1.29, 1.82) is 0 Å². The molecule has 0 bridgehead atoms. The van der Waals surface area contributed by atoms with Gasteiger partial charge in [-0.1, -0.05) is 18.2 Å². The molecule has 0 aromatic heterocycles. The summed E-state index contributed by atoms with van der Waals surface area (Å²) in [6.07, 6.45) is -3.21. The first kappa shape index (κ1) is 14.0. The third-order valence-electron chi connectivity index (χ3n) is 3.17. The maximum Gasteiger partial charge on any atom is 0.251 e. The highest BCUT2D eigenvalue weighted by atomic mass is 16.5. The van der Waals surface area contributed by atoms with E-state index in [0.29, 0.717) is 5.56 Å². The molecule has 0 radical (unpaired) electrons. The zero-order valence-electron chi connectivity index (χ0n) is 10.3. The Labute approximate surface area is 110 Å². The summed E-state index contributed by atoms with van der Waals surface area (Å²) in [5, 5.41) is 31.1. The molecule has 104 valence electrons. The molecule has 1 fully saturated rings. The van der Waals surface area contributed by atoms with Crippen molar-refractivity contribution in [2.24, 2.45) is 0 Å². The molecule has 1 amide bonds. The molecule has 0 unspecified atom stereocenters. The average molecular weight is 267 g/mol. The first-order valence-electron chi connectivity index (χ1n) is 6.08. The summed E-state index contributed by atoms with van der Waals surface area (Å²) in [6.45, 7) is -0.334. The Hall–Kier alpha value is -1.47. The van der Waals surface area contributed by atoms with Crippen LogP contribution in [0.25, 0.3) is 0 Å². The summed E-state index contributed by atoms with van der Waals surface area (Å²) in [5.74, 6) is -0.345. The van der Waals surface area contributed by atoms with Crippen molar-refractivity contribution < 1.29 is 24.9 Å². The molecule has 1 heterocycles. The van der Waals surface area contributed by atoms with E-state index >= 15 is 0 Å². The molecular weight excluding hydrogens is 250 g/mol. The topological polar surface area (TPSA) is 99.0 Å². The van der Waals surface area contributed by atoms with Gasteiger partial charge in [0.25, 0.3) is 5.91 Å². The lowest BCUT2D eigenvalue weighted by atomic mass is 9.98. The van der Waals surface area contributed by atoms with Crippen LogP contribution in [0.4, 0.5) is 0 Å². The van der Waals surface area contributed by atoms with Gasteiger partial charge in [0.15, 0.2) is 0 Å². The van der Waals surface area contributed by atoms with Crippen molar-refractivity contribution in [1.82, 2.24) is 5.32 Å². The van der Waals surface area contributed by atoms with Crippen molar-refractivity contribution in [2.75, 3.05) is 13.2 Å². The molecular formula is C13H17NO5. The molecule has 0 aliphatic carbocycles. The van der Waals surface area contributed by atoms with E-state index in [1.165, 1.54) is 0 Å². The molecule has 0 spiro atoms. The van der Waals surface area contributed by atoms with Crippen LogP contribution in [0.5, 0.6) is 0 Å². The van der Waals surface area contributed by atoms with Crippen LogP contribution in [0.15, 0.2) is 30.3 Å². The lowest BCUT2D eigenvalue weighted by Crippen LogP contribution is -2.59. The smallest absolute Gasteiger partial charge is 0.251 e. The molecule has 0 saturated carbocycles. The summed E-state index contributed by atoms with van der Waals surface area (Å²) < 4.78 is 5.18. The van der Waals surface area contributed by atoms with E-state index in [0.717, 1.165) is 0 Å². The van der Waals surface area contributed by atoms with Crippen molar-refractivity contribution in [2.45, 2.75) is 24.4 Å². The number of hydrogen-bond acceptors (Lipinski definition) is 5. The molecule has 1 aliphatic rings. The largest absolute Gasteiger partial charge is 0.394 e. The Balaban J connectivity index is 1.98. The van der Waals surface area contributed by atoms with Gasteiger partial charge in [0.1, 0.15) is 18.3 Å². The molecule has 4 atom stereocenters. The molecule has 2 rings (SSSR count). The van der Waals surface area contributed by atoms with E-state index in [-0.39, 0.29) is 19.1 Å². The van der Waals surface area contributed by atoms with Gasteiger partial charge < -0.3 is 25.4 Å². The highest BCUT2D eigenvalue weighted by molar-refractivity contribution is 5.94. The van der Waals surface area contributed by atoms with Crippen LogP contribution in [-0.4, -0.2) is 58.8 Å².